The maximum absolute atomic E-state index is 13.7. The highest BCUT2D eigenvalue weighted by Crippen LogP contribution is 2.72. The zero-order valence-electron chi connectivity index (χ0n) is 20.5. The van der Waals surface area contributed by atoms with Gasteiger partial charge in [0, 0.05) is 17.8 Å². The molecule has 1 spiro atoms. The van der Waals surface area contributed by atoms with Crippen LogP contribution in [0.3, 0.4) is 0 Å². The molecule has 1 aromatic heterocycles. The van der Waals surface area contributed by atoms with Gasteiger partial charge in [0.05, 0.1) is 24.7 Å². The Morgan fingerprint density at radius 2 is 1.97 bits per heavy atom. The van der Waals surface area contributed by atoms with E-state index in [2.05, 4.69) is 20.1 Å². The first-order valence-corrected chi connectivity index (χ1v) is 13.4. The van der Waals surface area contributed by atoms with Crippen LogP contribution in [0.4, 0.5) is 0 Å². The molecule has 7 atom stereocenters. The maximum Gasteiger partial charge on any atom is 0.348 e. The number of aliphatic hydroxyl groups is 1. The number of esters is 2. The number of hydrogen-bond acceptors (Lipinski definition) is 7. The average molecular weight is 499 g/mol. The number of ketones is 1. The van der Waals surface area contributed by atoms with Crippen LogP contribution < -0.4 is 0 Å². The number of allylic oxidation sites excluding steroid dienone is 1. The Balaban J connectivity index is 1.56. The topological polar surface area (TPSA) is 89.9 Å². The van der Waals surface area contributed by atoms with E-state index in [1.54, 1.807) is 6.07 Å². The third-order valence-corrected chi connectivity index (χ3v) is 10.5. The van der Waals surface area contributed by atoms with Crippen molar-refractivity contribution in [3.63, 3.8) is 0 Å². The van der Waals surface area contributed by atoms with Crippen LogP contribution in [0, 0.1) is 34.0 Å². The Hall–Kier alpha value is -2.25. The second-order valence-corrected chi connectivity index (χ2v) is 12.4. The molecule has 1 aromatic rings. The van der Waals surface area contributed by atoms with E-state index in [1.807, 2.05) is 11.4 Å². The molecule has 0 saturated heterocycles. The van der Waals surface area contributed by atoms with Gasteiger partial charge >= 0.3 is 11.9 Å². The first-order chi connectivity index (χ1) is 16.6. The van der Waals surface area contributed by atoms with Gasteiger partial charge in [-0.2, -0.15) is 0 Å². The van der Waals surface area contributed by atoms with Crippen molar-refractivity contribution in [2.75, 3.05) is 13.2 Å². The van der Waals surface area contributed by atoms with Gasteiger partial charge in [-0.1, -0.05) is 32.6 Å². The van der Waals surface area contributed by atoms with Gasteiger partial charge in [0.1, 0.15) is 4.88 Å². The van der Waals surface area contributed by atoms with Gasteiger partial charge in [0.25, 0.3) is 0 Å². The number of ether oxygens (including phenoxy) is 2. The van der Waals surface area contributed by atoms with Crippen molar-refractivity contribution in [3.05, 3.63) is 46.7 Å². The largest absolute Gasteiger partial charge is 0.465 e. The molecule has 5 saturated carbocycles. The molecule has 188 valence electrons. The molecule has 5 aliphatic rings. The van der Waals surface area contributed by atoms with Crippen LogP contribution in [0.15, 0.2) is 41.8 Å². The molecule has 35 heavy (non-hydrogen) atoms. The molecule has 5 aliphatic carbocycles. The summed E-state index contributed by atoms with van der Waals surface area (Å²) in [5.41, 5.74) is -0.819. The molecular formula is C28H34O6S. The van der Waals surface area contributed by atoms with Crippen LogP contribution >= 0.6 is 11.3 Å². The summed E-state index contributed by atoms with van der Waals surface area (Å²) in [6.45, 7) is 12.3. The van der Waals surface area contributed by atoms with E-state index in [0.29, 0.717) is 22.4 Å². The lowest BCUT2D eigenvalue weighted by molar-refractivity contribution is -0.214. The summed E-state index contributed by atoms with van der Waals surface area (Å²) in [6, 6.07) is 3.56. The zero-order chi connectivity index (χ0) is 25.2. The summed E-state index contributed by atoms with van der Waals surface area (Å²) in [4.78, 5) is 38.9. The molecule has 0 amide bonds. The lowest BCUT2D eigenvalue weighted by Gasteiger charge is -2.69. The fourth-order valence-corrected chi connectivity index (χ4v) is 8.92. The molecule has 6 nitrogen and oxygen atoms in total. The van der Waals surface area contributed by atoms with Crippen molar-refractivity contribution < 1.29 is 29.0 Å². The van der Waals surface area contributed by atoms with Gasteiger partial charge in [-0.3, -0.25) is 9.59 Å². The maximum atomic E-state index is 13.7. The molecule has 0 radical (unpaired) electrons. The monoisotopic (exact) mass is 498 g/mol. The number of rotatable bonds is 5. The summed E-state index contributed by atoms with van der Waals surface area (Å²) >= 11 is 1.34. The van der Waals surface area contributed by atoms with Crippen LogP contribution in [0.5, 0.6) is 0 Å². The Morgan fingerprint density at radius 1 is 1.20 bits per heavy atom. The van der Waals surface area contributed by atoms with Crippen LogP contribution in [0.1, 0.15) is 62.0 Å². The minimum Gasteiger partial charge on any atom is -0.465 e. The molecule has 6 rings (SSSR count). The Morgan fingerprint density at radius 3 is 2.66 bits per heavy atom. The molecule has 1 N–H and O–H groups in total. The van der Waals surface area contributed by atoms with Crippen LogP contribution in [-0.2, 0) is 19.1 Å². The third kappa shape index (κ3) is 3.41. The fourth-order valence-electron chi connectivity index (χ4n) is 8.30. The lowest BCUT2D eigenvalue weighted by Crippen LogP contribution is -2.70. The van der Waals surface area contributed by atoms with E-state index >= 15 is 0 Å². The molecule has 3 unspecified atom stereocenters. The van der Waals surface area contributed by atoms with E-state index in [9.17, 15) is 19.5 Å². The highest BCUT2D eigenvalue weighted by Gasteiger charge is 2.72. The van der Waals surface area contributed by atoms with Crippen molar-refractivity contribution in [3.8, 4) is 0 Å². The highest BCUT2D eigenvalue weighted by atomic mass is 32.1. The Bertz CT molecular complexity index is 1090. The van der Waals surface area contributed by atoms with Crippen molar-refractivity contribution in [2.45, 2.75) is 58.5 Å². The number of fused-ring (bicyclic) bond motifs is 3. The van der Waals surface area contributed by atoms with Gasteiger partial charge in [-0.05, 0) is 72.5 Å². The predicted octanol–water partition coefficient (Wildman–Crippen LogP) is 4.73. The third-order valence-electron chi connectivity index (χ3n) is 9.62. The smallest absolute Gasteiger partial charge is 0.348 e. The Labute approximate surface area is 210 Å². The van der Waals surface area contributed by atoms with Gasteiger partial charge in [0.15, 0.2) is 5.78 Å². The SMILES string of the molecule is C=C1C2[C@](C)(COC(=O)c3cccs3)CCC[C@@]2(COC(C)=O)C2C[C@@H]3CC[C@]2(C(=O)C3=C)C1O. The van der Waals surface area contributed by atoms with Crippen LogP contribution in [0.2, 0.25) is 0 Å². The van der Waals surface area contributed by atoms with E-state index in [1.165, 1.54) is 18.3 Å². The summed E-state index contributed by atoms with van der Waals surface area (Å²) in [5.74, 6) is -1.09. The van der Waals surface area contributed by atoms with Crippen molar-refractivity contribution in [1.29, 1.82) is 0 Å². The quantitative estimate of drug-likeness (QED) is 0.359. The normalized spacial score (nSPS) is 40.1. The number of carbonyl (C=O) groups is 3. The average Bonchev–Trinajstić information content (AvgIpc) is 3.38. The van der Waals surface area contributed by atoms with Gasteiger partial charge in [-0.25, -0.2) is 4.79 Å². The van der Waals surface area contributed by atoms with Gasteiger partial charge in [-0.15, -0.1) is 11.3 Å². The lowest BCUT2D eigenvalue weighted by atomic mass is 9.34. The predicted molar refractivity (Wildman–Crippen MR) is 132 cm³/mol. The first-order valence-electron chi connectivity index (χ1n) is 12.5. The van der Waals surface area contributed by atoms with Crippen molar-refractivity contribution in [2.24, 2.45) is 34.0 Å². The van der Waals surface area contributed by atoms with Crippen molar-refractivity contribution in [1.82, 2.24) is 0 Å². The Kier molecular flexibility index (Phi) is 5.87. The van der Waals surface area contributed by atoms with E-state index < -0.39 is 22.3 Å². The minimum absolute atomic E-state index is 0.0456. The zero-order valence-corrected chi connectivity index (χ0v) is 21.3. The molecule has 2 bridgehead atoms. The first kappa shape index (κ1) is 24.4. The highest BCUT2D eigenvalue weighted by molar-refractivity contribution is 7.11. The summed E-state index contributed by atoms with van der Waals surface area (Å²) in [7, 11) is 0. The van der Waals surface area contributed by atoms with Gasteiger partial charge in [0.2, 0.25) is 0 Å². The minimum atomic E-state index is -1.00. The van der Waals surface area contributed by atoms with Crippen LogP contribution in [0.25, 0.3) is 0 Å². The second-order valence-electron chi connectivity index (χ2n) is 11.4. The summed E-state index contributed by atoms with van der Waals surface area (Å²) in [5, 5.41) is 13.6. The molecule has 0 aromatic carbocycles. The molecule has 0 aliphatic heterocycles. The number of hydrogen-bond donors (Lipinski definition) is 1. The van der Waals surface area contributed by atoms with Crippen LogP contribution in [-0.4, -0.2) is 42.1 Å². The standard InChI is InChI=1S/C28H34O6S/c1-16-19-8-11-28(23(16)30)21(13-19)27(15-33-18(3)29)10-6-9-26(4,22(27)17(2)24(28)31)14-34-25(32)20-7-5-12-35-20/h5,7,12,19,21-22,24,31H,1-2,6,8-11,13-15H2,3-4H3/t19-,21?,22?,24?,26-,27+,28-/m0/s1. The van der Waals surface area contributed by atoms with E-state index in [-0.39, 0.29) is 48.7 Å². The molecular weight excluding hydrogens is 464 g/mol. The fraction of sp³-hybridized carbons (Fsp3) is 0.607. The van der Waals surface area contributed by atoms with E-state index in [0.717, 1.165) is 32.1 Å². The van der Waals surface area contributed by atoms with Crippen molar-refractivity contribution >= 4 is 29.1 Å². The number of aliphatic hydroxyl groups excluding tert-OH is 1. The molecule has 5 fully saturated rings. The second kappa shape index (κ2) is 8.41. The summed E-state index contributed by atoms with van der Waals surface area (Å²) < 4.78 is 11.5. The van der Waals surface area contributed by atoms with E-state index in [4.69, 9.17) is 9.47 Å². The summed E-state index contributed by atoms with van der Waals surface area (Å²) in [6.07, 6.45) is 3.57. The number of thiophene rings is 1. The molecule has 1 heterocycles. The number of carbonyl (C=O) groups excluding carboxylic acids is 3. The van der Waals surface area contributed by atoms with Gasteiger partial charge < -0.3 is 14.6 Å². The molecule has 7 heteroatoms. The number of Topliss-reactive ketones (excluding diaryl/α,β-unsaturated/α-hetero) is 1.